The van der Waals surface area contributed by atoms with Gasteiger partial charge in [0, 0.05) is 37.1 Å². The summed E-state index contributed by atoms with van der Waals surface area (Å²) in [6.07, 6.45) is 7.56. The van der Waals surface area contributed by atoms with Crippen LogP contribution < -0.4 is 10.2 Å². The van der Waals surface area contributed by atoms with E-state index in [-0.39, 0.29) is 17.5 Å². The molecule has 0 spiro atoms. The Hall–Kier alpha value is -3.36. The number of carbonyl (C=O) groups is 1. The first kappa shape index (κ1) is 17.1. The highest BCUT2D eigenvalue weighted by molar-refractivity contribution is 5.92. The molecule has 1 aliphatic rings. The highest BCUT2D eigenvalue weighted by Gasteiger charge is 2.26. The van der Waals surface area contributed by atoms with Crippen molar-refractivity contribution in [1.82, 2.24) is 24.7 Å². The third kappa shape index (κ3) is 3.76. The van der Waals surface area contributed by atoms with Gasteiger partial charge in [-0.25, -0.2) is 24.0 Å². The normalized spacial score (nSPS) is 14.9. The zero-order chi connectivity index (χ0) is 18.6. The molecule has 0 saturated carbocycles. The Morgan fingerprint density at radius 1 is 1.19 bits per heavy atom. The van der Waals surface area contributed by atoms with Gasteiger partial charge in [0.05, 0.1) is 0 Å². The van der Waals surface area contributed by atoms with Gasteiger partial charge in [-0.1, -0.05) is 0 Å². The third-order valence-electron chi connectivity index (χ3n) is 4.58. The quantitative estimate of drug-likeness (QED) is 0.759. The molecule has 3 heterocycles. The van der Waals surface area contributed by atoms with Gasteiger partial charge in [0.15, 0.2) is 5.82 Å². The molecule has 3 aromatic rings. The number of nitrogens with one attached hydrogen (secondary N) is 1. The lowest BCUT2D eigenvalue weighted by atomic mass is 9.96. The zero-order valence-electron chi connectivity index (χ0n) is 14.5. The van der Waals surface area contributed by atoms with E-state index in [9.17, 15) is 9.18 Å². The summed E-state index contributed by atoms with van der Waals surface area (Å²) >= 11 is 0. The number of benzene rings is 1. The average Bonchev–Trinajstić information content (AvgIpc) is 3.23. The second-order valence-corrected chi connectivity index (χ2v) is 6.31. The number of carbonyl (C=O) groups excluding carboxylic acids is 1. The van der Waals surface area contributed by atoms with Gasteiger partial charge in [0.2, 0.25) is 11.9 Å². The van der Waals surface area contributed by atoms with Crippen molar-refractivity contribution in [1.29, 1.82) is 0 Å². The van der Waals surface area contributed by atoms with Crippen LogP contribution in [0.3, 0.4) is 0 Å². The molecule has 2 aromatic heterocycles. The Balaban J connectivity index is 1.36. The minimum Gasteiger partial charge on any atom is -0.341 e. The Morgan fingerprint density at radius 2 is 1.96 bits per heavy atom. The number of piperidine rings is 1. The van der Waals surface area contributed by atoms with E-state index in [1.54, 1.807) is 30.6 Å². The molecule has 0 aliphatic carbocycles. The summed E-state index contributed by atoms with van der Waals surface area (Å²) in [6.45, 7) is 1.42. The third-order valence-corrected chi connectivity index (χ3v) is 4.58. The fourth-order valence-corrected chi connectivity index (χ4v) is 3.14. The predicted octanol–water partition coefficient (Wildman–Crippen LogP) is 2.05. The summed E-state index contributed by atoms with van der Waals surface area (Å²) in [7, 11) is 0. The van der Waals surface area contributed by atoms with Crippen molar-refractivity contribution in [2.45, 2.75) is 12.8 Å². The number of rotatable bonds is 4. The molecule has 0 unspecified atom stereocenters. The van der Waals surface area contributed by atoms with Crippen molar-refractivity contribution < 1.29 is 9.18 Å². The number of hydrogen-bond acceptors (Lipinski definition) is 6. The van der Waals surface area contributed by atoms with Crippen LogP contribution in [0.1, 0.15) is 12.8 Å². The number of aromatic nitrogens is 5. The van der Waals surface area contributed by atoms with E-state index in [0.717, 1.165) is 0 Å². The van der Waals surface area contributed by atoms with Crippen LogP contribution in [0.15, 0.2) is 49.3 Å². The van der Waals surface area contributed by atoms with E-state index in [4.69, 9.17) is 0 Å². The summed E-state index contributed by atoms with van der Waals surface area (Å²) in [5.41, 5.74) is 0.705. The van der Waals surface area contributed by atoms with Crippen LogP contribution in [0.25, 0.3) is 5.69 Å². The highest BCUT2D eigenvalue weighted by atomic mass is 19.1. The second kappa shape index (κ2) is 7.48. The van der Waals surface area contributed by atoms with Gasteiger partial charge in [0.25, 0.3) is 0 Å². The lowest BCUT2D eigenvalue weighted by molar-refractivity contribution is -0.120. The van der Waals surface area contributed by atoms with Crippen molar-refractivity contribution in [2.24, 2.45) is 5.92 Å². The molecule has 138 valence electrons. The van der Waals surface area contributed by atoms with E-state index in [1.165, 1.54) is 23.4 Å². The minimum absolute atomic E-state index is 0.100. The molecule has 4 rings (SSSR count). The molecule has 0 bridgehead atoms. The van der Waals surface area contributed by atoms with Crippen molar-refractivity contribution >= 4 is 17.5 Å². The number of nitrogens with zero attached hydrogens (tertiary/aromatic N) is 6. The lowest BCUT2D eigenvalue weighted by Crippen LogP contribution is -2.39. The van der Waals surface area contributed by atoms with Crippen molar-refractivity contribution in [3.8, 4) is 5.69 Å². The van der Waals surface area contributed by atoms with Gasteiger partial charge < -0.3 is 10.2 Å². The maximum absolute atomic E-state index is 14.3. The van der Waals surface area contributed by atoms with Crippen LogP contribution in [-0.4, -0.2) is 43.7 Å². The van der Waals surface area contributed by atoms with E-state index < -0.39 is 5.82 Å². The minimum atomic E-state index is -0.477. The van der Waals surface area contributed by atoms with Crippen LogP contribution in [0.5, 0.6) is 0 Å². The molecule has 1 amide bonds. The van der Waals surface area contributed by atoms with E-state index >= 15 is 0 Å². The number of amides is 1. The maximum Gasteiger partial charge on any atom is 0.227 e. The molecule has 1 aromatic carbocycles. The van der Waals surface area contributed by atoms with Crippen LogP contribution >= 0.6 is 0 Å². The molecule has 27 heavy (non-hydrogen) atoms. The van der Waals surface area contributed by atoms with Crippen molar-refractivity contribution in [3.63, 3.8) is 0 Å². The van der Waals surface area contributed by atoms with Crippen molar-refractivity contribution in [2.75, 3.05) is 23.3 Å². The van der Waals surface area contributed by atoms with Gasteiger partial charge in [0.1, 0.15) is 18.3 Å². The smallest absolute Gasteiger partial charge is 0.227 e. The molecule has 1 N–H and O–H groups in total. The highest BCUT2D eigenvalue weighted by Crippen LogP contribution is 2.23. The molecule has 9 heteroatoms. The average molecular weight is 367 g/mol. The van der Waals surface area contributed by atoms with Gasteiger partial charge in [-0.15, -0.1) is 0 Å². The summed E-state index contributed by atoms with van der Waals surface area (Å²) in [5, 5.41) is 6.71. The lowest BCUT2D eigenvalue weighted by Gasteiger charge is -2.31. The standard InChI is InChI=1S/C18H18FN7O/c19-15-10-14(2-3-16(15)26-12-20-11-23-26)24-17(27)13-4-8-25(9-5-13)18-21-6-1-7-22-18/h1-3,6-7,10-13H,4-5,8-9H2,(H,24,27). The Morgan fingerprint density at radius 3 is 2.63 bits per heavy atom. The first-order valence-corrected chi connectivity index (χ1v) is 8.68. The predicted molar refractivity (Wildman–Crippen MR) is 96.9 cm³/mol. The van der Waals surface area contributed by atoms with Crippen LogP contribution in [0, 0.1) is 11.7 Å². The Kier molecular flexibility index (Phi) is 4.73. The fraction of sp³-hybridized carbons (Fsp3) is 0.278. The summed E-state index contributed by atoms with van der Waals surface area (Å²) in [5.74, 6) is -0.0176. The molecule has 1 saturated heterocycles. The number of anilines is 2. The first-order chi connectivity index (χ1) is 13.2. The van der Waals surface area contributed by atoms with Gasteiger partial charge in [-0.2, -0.15) is 5.10 Å². The molecule has 1 aliphatic heterocycles. The summed E-state index contributed by atoms with van der Waals surface area (Å²) in [6, 6.07) is 6.29. The van der Waals surface area contributed by atoms with E-state index in [1.807, 2.05) is 0 Å². The Bertz CT molecular complexity index is 909. The maximum atomic E-state index is 14.3. The molecule has 1 fully saturated rings. The van der Waals surface area contributed by atoms with E-state index in [2.05, 4.69) is 30.3 Å². The number of halogens is 1. The summed E-state index contributed by atoms with van der Waals surface area (Å²) in [4.78, 5) is 26.9. The monoisotopic (exact) mass is 367 g/mol. The van der Waals surface area contributed by atoms with E-state index in [0.29, 0.717) is 37.6 Å². The van der Waals surface area contributed by atoms with Gasteiger partial charge >= 0.3 is 0 Å². The first-order valence-electron chi connectivity index (χ1n) is 8.68. The molecule has 8 nitrogen and oxygen atoms in total. The van der Waals surface area contributed by atoms with Crippen LogP contribution in [0.4, 0.5) is 16.0 Å². The largest absolute Gasteiger partial charge is 0.341 e. The molecule has 0 radical (unpaired) electrons. The molecular formula is C18H18FN7O. The van der Waals surface area contributed by atoms with Gasteiger partial charge in [-0.3, -0.25) is 4.79 Å². The Labute approximate surface area is 155 Å². The summed E-state index contributed by atoms with van der Waals surface area (Å²) < 4.78 is 15.6. The number of hydrogen-bond donors (Lipinski definition) is 1. The fourth-order valence-electron chi connectivity index (χ4n) is 3.14. The second-order valence-electron chi connectivity index (χ2n) is 6.31. The SMILES string of the molecule is O=C(Nc1ccc(-n2cncn2)c(F)c1)C1CCN(c2ncccn2)CC1. The molecular weight excluding hydrogens is 349 g/mol. The van der Waals surface area contributed by atoms with Crippen molar-refractivity contribution in [3.05, 3.63) is 55.1 Å². The van der Waals surface area contributed by atoms with Crippen LogP contribution in [0.2, 0.25) is 0 Å². The van der Waals surface area contributed by atoms with Crippen LogP contribution in [-0.2, 0) is 4.79 Å². The molecule has 0 atom stereocenters. The zero-order valence-corrected chi connectivity index (χ0v) is 14.5. The topological polar surface area (TPSA) is 88.8 Å². The van der Waals surface area contributed by atoms with Gasteiger partial charge in [-0.05, 0) is 37.1 Å².